The van der Waals surface area contributed by atoms with Gasteiger partial charge in [0.05, 0.1) is 63.1 Å². The third kappa shape index (κ3) is 7.10. The molecule has 1 aromatic heterocycles. The molecule has 198 valence electrons. The molecule has 1 N–H and O–H groups in total. The van der Waals surface area contributed by atoms with Crippen molar-refractivity contribution in [3.8, 4) is 0 Å². The Labute approximate surface area is 239 Å². The molecule has 7 heteroatoms. The number of para-hydroxylation sites is 2. The van der Waals surface area contributed by atoms with Crippen LogP contribution in [0.5, 0.6) is 0 Å². The Hall–Kier alpha value is -1.45. The van der Waals surface area contributed by atoms with Crippen molar-refractivity contribution in [3.63, 3.8) is 0 Å². The van der Waals surface area contributed by atoms with E-state index in [9.17, 15) is 4.79 Å². The van der Waals surface area contributed by atoms with E-state index in [2.05, 4.69) is 68.4 Å². The lowest BCUT2D eigenvalue weighted by Crippen LogP contribution is -3.00. The average Bonchev–Trinajstić information content (AvgIpc) is 3.15. The molecule has 0 unspecified atom stereocenters. The van der Waals surface area contributed by atoms with Crippen molar-refractivity contribution in [1.82, 2.24) is 4.90 Å². The molecule has 4 rings (SSSR count). The van der Waals surface area contributed by atoms with Crippen LogP contribution in [0, 0.1) is 12.8 Å². The normalized spacial score (nSPS) is 16.4. The summed E-state index contributed by atoms with van der Waals surface area (Å²) in [5, 5.41) is 4.80. The van der Waals surface area contributed by atoms with Crippen LogP contribution in [0.4, 0.5) is 16.4 Å². The van der Waals surface area contributed by atoms with Crippen LogP contribution >= 0.6 is 11.3 Å². The standard InChI is InChI=1S/C29H43N4OS.HI/c1-5-7-11-23(12-8-6-2)27(34)15-18-33(4)19-16-32(17-20-33)28-24-21-22(3)35-29(24)31-26-14-10-9-13-25(26)30-28;/h9-10,13-14,21,23,31H,5-8,11-12,15-20H2,1-4H3;1H/q+1;/p-1. The number of anilines is 2. The van der Waals surface area contributed by atoms with Gasteiger partial charge in [-0.15, -0.1) is 11.3 Å². The first-order chi connectivity index (χ1) is 16.9. The van der Waals surface area contributed by atoms with Crippen molar-refractivity contribution in [2.75, 3.05) is 45.1 Å². The van der Waals surface area contributed by atoms with Gasteiger partial charge >= 0.3 is 0 Å². The van der Waals surface area contributed by atoms with E-state index in [1.165, 1.54) is 41.1 Å². The zero-order valence-electron chi connectivity index (χ0n) is 22.5. The van der Waals surface area contributed by atoms with Gasteiger partial charge in [-0.3, -0.25) is 4.79 Å². The van der Waals surface area contributed by atoms with Crippen molar-refractivity contribution < 1.29 is 33.3 Å². The number of quaternary nitrogens is 1. The van der Waals surface area contributed by atoms with Crippen LogP contribution in [0.2, 0.25) is 0 Å². The number of carbonyl (C=O) groups is 1. The third-order valence-electron chi connectivity index (χ3n) is 7.76. The Kier molecular flexibility index (Phi) is 10.8. The fraction of sp³-hybridized carbons (Fsp3) is 0.586. The molecule has 0 bridgehead atoms. The van der Waals surface area contributed by atoms with Crippen LogP contribution in [0.15, 0.2) is 35.3 Å². The number of nitrogens with one attached hydrogen (secondary N) is 1. The quantitative estimate of drug-likeness (QED) is 0.323. The zero-order valence-corrected chi connectivity index (χ0v) is 25.5. The molecular formula is C29H43IN4OS. The number of piperazine rings is 1. The van der Waals surface area contributed by atoms with Gasteiger partial charge in [0, 0.05) is 10.8 Å². The Morgan fingerprint density at radius 1 is 1.14 bits per heavy atom. The summed E-state index contributed by atoms with van der Waals surface area (Å²) in [6.45, 7) is 11.6. The summed E-state index contributed by atoms with van der Waals surface area (Å²) in [7, 11) is 2.34. The van der Waals surface area contributed by atoms with Crippen molar-refractivity contribution in [1.29, 1.82) is 0 Å². The maximum atomic E-state index is 13.1. The molecule has 5 nitrogen and oxygen atoms in total. The van der Waals surface area contributed by atoms with Crippen molar-refractivity contribution in [2.45, 2.75) is 65.7 Å². The van der Waals surface area contributed by atoms with Gasteiger partial charge in [0.15, 0.2) is 0 Å². The minimum Gasteiger partial charge on any atom is -1.00 e. The highest BCUT2D eigenvalue weighted by molar-refractivity contribution is 7.16. The molecule has 0 saturated carbocycles. The Balaban J connectivity index is 0.00000361. The minimum atomic E-state index is 0. The molecule has 2 aliphatic rings. The van der Waals surface area contributed by atoms with Gasteiger partial charge in [-0.25, -0.2) is 4.99 Å². The van der Waals surface area contributed by atoms with Gasteiger partial charge in [0.2, 0.25) is 0 Å². The van der Waals surface area contributed by atoms with Gasteiger partial charge in [-0.05, 0) is 38.0 Å². The summed E-state index contributed by atoms with van der Waals surface area (Å²) >= 11 is 1.80. The third-order valence-corrected chi connectivity index (χ3v) is 8.73. The first kappa shape index (κ1) is 29.1. The molecule has 1 aromatic carbocycles. The highest BCUT2D eigenvalue weighted by Crippen LogP contribution is 2.39. The molecule has 1 fully saturated rings. The monoisotopic (exact) mass is 622 g/mol. The fourth-order valence-electron chi connectivity index (χ4n) is 5.32. The number of ketones is 1. The second-order valence-electron chi connectivity index (χ2n) is 10.7. The predicted molar refractivity (Wildman–Crippen MR) is 150 cm³/mol. The number of thiophene rings is 1. The number of unbranched alkanes of at least 4 members (excludes halogenated alkanes) is 2. The molecule has 1 saturated heterocycles. The summed E-state index contributed by atoms with van der Waals surface area (Å²) in [5.74, 6) is 1.86. The van der Waals surface area contributed by atoms with Gasteiger partial charge in [-0.2, -0.15) is 0 Å². The first-order valence-corrected chi connectivity index (χ1v) is 14.4. The number of nitrogens with zero attached hydrogens (tertiary/aromatic N) is 3. The number of aliphatic imine (C=N–C) groups is 1. The smallest absolute Gasteiger partial charge is 0.141 e. The zero-order chi connectivity index (χ0) is 24.8. The number of Topliss-reactive ketones (excluding diaryl/α,β-unsaturated/α-hetero) is 1. The van der Waals surface area contributed by atoms with Gasteiger partial charge in [-0.1, -0.05) is 51.7 Å². The van der Waals surface area contributed by atoms with E-state index in [-0.39, 0.29) is 29.9 Å². The number of fused-ring (bicyclic) bond motifs is 2. The molecule has 3 heterocycles. The van der Waals surface area contributed by atoms with Crippen LogP contribution in [0.25, 0.3) is 0 Å². The second-order valence-corrected chi connectivity index (χ2v) is 11.9. The molecule has 2 aliphatic heterocycles. The number of rotatable bonds is 10. The first-order valence-electron chi connectivity index (χ1n) is 13.6. The van der Waals surface area contributed by atoms with E-state index in [1.807, 2.05) is 0 Å². The number of likely N-dealkylation sites (N-methyl/N-ethyl adjacent to an activating group) is 1. The Bertz CT molecular complexity index is 1030. The summed E-state index contributed by atoms with van der Waals surface area (Å²) in [4.78, 5) is 22.0. The van der Waals surface area contributed by atoms with Crippen molar-refractivity contribution >= 4 is 39.3 Å². The Morgan fingerprint density at radius 2 is 1.81 bits per heavy atom. The molecule has 36 heavy (non-hydrogen) atoms. The van der Waals surface area contributed by atoms with E-state index >= 15 is 0 Å². The highest BCUT2D eigenvalue weighted by atomic mass is 127. The van der Waals surface area contributed by atoms with Gasteiger partial charge in [0.1, 0.15) is 16.6 Å². The number of aryl methyl sites for hydroxylation is 1. The molecule has 0 amide bonds. The highest BCUT2D eigenvalue weighted by Gasteiger charge is 2.33. The molecular weight excluding hydrogens is 579 g/mol. The van der Waals surface area contributed by atoms with Crippen LogP contribution in [0.3, 0.4) is 0 Å². The molecule has 0 spiro atoms. The van der Waals surface area contributed by atoms with Gasteiger partial charge in [0.25, 0.3) is 0 Å². The van der Waals surface area contributed by atoms with Crippen LogP contribution < -0.4 is 29.3 Å². The van der Waals surface area contributed by atoms with E-state index in [0.717, 1.165) is 73.7 Å². The molecule has 0 aliphatic carbocycles. The summed E-state index contributed by atoms with van der Waals surface area (Å²) in [6, 6.07) is 10.6. The van der Waals surface area contributed by atoms with Crippen molar-refractivity contribution in [2.24, 2.45) is 10.9 Å². The average molecular weight is 623 g/mol. The van der Waals surface area contributed by atoms with Crippen LogP contribution in [-0.2, 0) is 4.79 Å². The maximum Gasteiger partial charge on any atom is 0.141 e. The lowest BCUT2D eigenvalue weighted by atomic mass is 9.90. The van der Waals surface area contributed by atoms with Gasteiger partial charge < -0.3 is 38.7 Å². The van der Waals surface area contributed by atoms with E-state index in [0.29, 0.717) is 5.78 Å². The lowest BCUT2D eigenvalue weighted by molar-refractivity contribution is -0.912. The minimum absolute atomic E-state index is 0. The molecule has 0 radical (unpaired) electrons. The summed E-state index contributed by atoms with van der Waals surface area (Å²) in [5.41, 5.74) is 3.29. The van der Waals surface area contributed by atoms with E-state index in [1.54, 1.807) is 11.3 Å². The van der Waals surface area contributed by atoms with Crippen LogP contribution in [0.1, 0.15) is 69.2 Å². The topological polar surface area (TPSA) is 44.7 Å². The largest absolute Gasteiger partial charge is 1.00 e. The number of hydrogen-bond acceptors (Lipinski definition) is 5. The lowest BCUT2D eigenvalue weighted by Gasteiger charge is -2.43. The fourth-order valence-corrected chi connectivity index (χ4v) is 6.24. The summed E-state index contributed by atoms with van der Waals surface area (Å²) in [6.07, 6.45) is 7.57. The van der Waals surface area contributed by atoms with E-state index in [4.69, 9.17) is 4.99 Å². The van der Waals surface area contributed by atoms with Crippen LogP contribution in [-0.4, -0.2) is 60.8 Å². The number of hydrogen-bond donors (Lipinski definition) is 1. The number of amidine groups is 1. The predicted octanol–water partition coefficient (Wildman–Crippen LogP) is 3.91. The summed E-state index contributed by atoms with van der Waals surface area (Å²) < 4.78 is 0.980. The SMILES string of the molecule is CCCCC(CCCC)C(=O)CC[N+]1(C)CCN(C2=Nc3ccccc3Nc3sc(C)cc32)CC1.[I-]. The van der Waals surface area contributed by atoms with E-state index < -0.39 is 0 Å². The Morgan fingerprint density at radius 3 is 2.47 bits per heavy atom. The molecule has 0 atom stereocenters. The van der Waals surface area contributed by atoms with Crippen molar-refractivity contribution in [3.05, 3.63) is 40.8 Å². The number of carbonyl (C=O) groups excluding carboxylic acids is 1. The second kappa shape index (κ2) is 13.4. The molecule has 2 aromatic rings. The number of halogens is 1. The maximum absolute atomic E-state index is 13.1. The number of benzene rings is 1.